The molecule has 8 heteroatoms. The fourth-order valence-corrected chi connectivity index (χ4v) is 4.62. The Morgan fingerprint density at radius 2 is 1.71 bits per heavy atom. The lowest BCUT2D eigenvalue weighted by atomic mass is 9.95. The Hall–Kier alpha value is -3.03. The van der Waals surface area contributed by atoms with Crippen LogP contribution in [0.15, 0.2) is 48.0 Å². The molecule has 1 N–H and O–H groups in total. The van der Waals surface area contributed by atoms with E-state index in [1.807, 2.05) is 25.1 Å². The SMILES string of the molecule is CCOc1cc(C2/C(=C(\O)c3ccc(Cl)cc3)C(=O)C(=O)N2CCN(CC)CC)ccc1OCCC(C)C. The highest BCUT2D eigenvalue weighted by molar-refractivity contribution is 6.46. The summed E-state index contributed by atoms with van der Waals surface area (Å²) in [5.41, 5.74) is 1.13. The molecule has 0 aromatic heterocycles. The van der Waals surface area contributed by atoms with Crippen LogP contribution in [-0.4, -0.2) is 66.0 Å². The van der Waals surface area contributed by atoms with Crippen molar-refractivity contribution in [1.82, 2.24) is 9.80 Å². The standard InChI is InChI=1S/C30H39ClN2O5/c1-6-32(7-2)16-17-33-27(22-11-14-24(25(19-22)37-8-3)38-18-15-20(4)5)26(29(35)30(33)36)28(34)21-9-12-23(31)13-10-21/h9-14,19-20,27,34H,6-8,15-18H2,1-5H3/b28-26+. The molecule has 1 atom stereocenters. The molecule has 0 aliphatic carbocycles. The Kier molecular flexibility index (Phi) is 10.6. The number of hydrogen-bond donors (Lipinski definition) is 1. The average molecular weight is 543 g/mol. The molecule has 0 saturated carbocycles. The van der Waals surface area contributed by atoms with E-state index in [1.165, 1.54) is 0 Å². The zero-order valence-electron chi connectivity index (χ0n) is 23.0. The van der Waals surface area contributed by atoms with Crippen molar-refractivity contribution in [3.05, 3.63) is 64.2 Å². The number of hydrogen-bond acceptors (Lipinski definition) is 6. The Morgan fingerprint density at radius 1 is 1.03 bits per heavy atom. The first kappa shape index (κ1) is 29.5. The molecule has 38 heavy (non-hydrogen) atoms. The summed E-state index contributed by atoms with van der Waals surface area (Å²) in [6, 6.07) is 11.2. The molecule has 2 aromatic rings. The number of carbonyl (C=O) groups excluding carboxylic acids is 2. The van der Waals surface area contributed by atoms with Crippen molar-refractivity contribution in [3.8, 4) is 11.5 Å². The highest BCUT2D eigenvalue weighted by Gasteiger charge is 2.46. The lowest BCUT2D eigenvalue weighted by molar-refractivity contribution is -0.140. The van der Waals surface area contributed by atoms with Crippen LogP contribution in [0.2, 0.25) is 5.02 Å². The van der Waals surface area contributed by atoms with Gasteiger partial charge in [-0.15, -0.1) is 0 Å². The fraction of sp³-hybridized carbons (Fsp3) is 0.467. The fourth-order valence-electron chi connectivity index (χ4n) is 4.50. The molecule has 1 heterocycles. The van der Waals surface area contributed by atoms with E-state index in [9.17, 15) is 14.7 Å². The molecule has 7 nitrogen and oxygen atoms in total. The number of carbonyl (C=O) groups is 2. The zero-order chi connectivity index (χ0) is 27.8. The summed E-state index contributed by atoms with van der Waals surface area (Å²) in [7, 11) is 0. The number of nitrogens with zero attached hydrogens (tertiary/aromatic N) is 2. The summed E-state index contributed by atoms with van der Waals surface area (Å²) >= 11 is 6.03. The quantitative estimate of drug-likeness (QED) is 0.192. The maximum Gasteiger partial charge on any atom is 0.295 e. The third kappa shape index (κ3) is 6.88. The van der Waals surface area contributed by atoms with Gasteiger partial charge in [0, 0.05) is 23.7 Å². The third-order valence-corrected chi connectivity index (χ3v) is 7.00. The summed E-state index contributed by atoms with van der Waals surface area (Å²) in [5.74, 6) is 0.0718. The van der Waals surface area contributed by atoms with Gasteiger partial charge in [-0.3, -0.25) is 9.59 Å². The van der Waals surface area contributed by atoms with E-state index in [2.05, 4.69) is 32.6 Å². The summed E-state index contributed by atoms with van der Waals surface area (Å²) in [6.07, 6.45) is 0.903. The molecule has 1 fully saturated rings. The number of likely N-dealkylation sites (N-methyl/N-ethyl adjacent to an activating group) is 1. The lowest BCUT2D eigenvalue weighted by Crippen LogP contribution is -2.38. The smallest absolute Gasteiger partial charge is 0.295 e. The molecule has 1 amide bonds. The number of aliphatic hydroxyl groups excluding tert-OH is 1. The van der Waals surface area contributed by atoms with Crippen molar-refractivity contribution in [2.45, 2.75) is 47.1 Å². The highest BCUT2D eigenvalue weighted by atomic mass is 35.5. The van der Waals surface area contributed by atoms with Crippen LogP contribution in [0.25, 0.3) is 5.76 Å². The van der Waals surface area contributed by atoms with Crippen molar-refractivity contribution < 1.29 is 24.2 Å². The maximum absolute atomic E-state index is 13.3. The number of likely N-dealkylation sites (tertiary alicyclic amines) is 1. The monoisotopic (exact) mass is 542 g/mol. The predicted octanol–water partition coefficient (Wildman–Crippen LogP) is 5.93. The van der Waals surface area contributed by atoms with Crippen molar-refractivity contribution >= 4 is 29.1 Å². The first-order chi connectivity index (χ1) is 18.2. The van der Waals surface area contributed by atoms with Crippen molar-refractivity contribution in [2.75, 3.05) is 39.4 Å². The molecule has 1 unspecified atom stereocenters. The minimum Gasteiger partial charge on any atom is -0.507 e. The Balaban J connectivity index is 2.09. The largest absolute Gasteiger partial charge is 0.507 e. The molecular formula is C30H39ClN2O5. The zero-order valence-corrected chi connectivity index (χ0v) is 23.8. The van der Waals surface area contributed by atoms with Gasteiger partial charge in [0.05, 0.1) is 24.8 Å². The topological polar surface area (TPSA) is 79.3 Å². The maximum atomic E-state index is 13.3. The van der Waals surface area contributed by atoms with E-state index >= 15 is 0 Å². The van der Waals surface area contributed by atoms with Crippen LogP contribution >= 0.6 is 11.6 Å². The molecular weight excluding hydrogens is 504 g/mol. The number of benzene rings is 2. The van der Waals surface area contributed by atoms with Crippen LogP contribution in [0, 0.1) is 5.92 Å². The van der Waals surface area contributed by atoms with Crippen LogP contribution in [0.4, 0.5) is 0 Å². The number of Topliss-reactive ketones (excluding diaryl/α,β-unsaturated/α-hetero) is 1. The number of aliphatic hydroxyl groups is 1. The van der Waals surface area contributed by atoms with Crippen LogP contribution in [0.5, 0.6) is 11.5 Å². The molecule has 1 aliphatic heterocycles. The van der Waals surface area contributed by atoms with Gasteiger partial charge in [0.15, 0.2) is 11.5 Å². The molecule has 1 saturated heterocycles. The van der Waals surface area contributed by atoms with E-state index in [0.29, 0.717) is 59.9 Å². The van der Waals surface area contributed by atoms with Gasteiger partial charge in [-0.1, -0.05) is 45.4 Å². The van der Waals surface area contributed by atoms with Crippen LogP contribution in [0.1, 0.15) is 58.2 Å². The van der Waals surface area contributed by atoms with Crippen molar-refractivity contribution in [2.24, 2.45) is 5.92 Å². The van der Waals surface area contributed by atoms with E-state index in [4.69, 9.17) is 21.1 Å². The van der Waals surface area contributed by atoms with Gasteiger partial charge in [-0.25, -0.2) is 0 Å². The molecule has 0 radical (unpaired) electrons. The first-order valence-corrected chi connectivity index (χ1v) is 13.8. The second-order valence-electron chi connectivity index (χ2n) is 9.70. The second kappa shape index (κ2) is 13.7. The average Bonchev–Trinajstić information content (AvgIpc) is 3.15. The number of halogens is 1. The number of amides is 1. The number of ketones is 1. The summed E-state index contributed by atoms with van der Waals surface area (Å²) in [4.78, 5) is 30.4. The van der Waals surface area contributed by atoms with E-state index in [0.717, 1.165) is 19.5 Å². The number of rotatable bonds is 13. The van der Waals surface area contributed by atoms with Gasteiger partial charge < -0.3 is 24.4 Å². The molecule has 0 bridgehead atoms. The van der Waals surface area contributed by atoms with E-state index < -0.39 is 17.7 Å². The van der Waals surface area contributed by atoms with E-state index in [-0.39, 0.29) is 11.3 Å². The van der Waals surface area contributed by atoms with Gasteiger partial charge in [0.1, 0.15) is 5.76 Å². The summed E-state index contributed by atoms with van der Waals surface area (Å²) in [6.45, 7) is 13.9. The Bertz CT molecular complexity index is 1140. The van der Waals surface area contributed by atoms with Gasteiger partial charge in [-0.2, -0.15) is 0 Å². The van der Waals surface area contributed by atoms with Crippen LogP contribution in [0.3, 0.4) is 0 Å². The van der Waals surface area contributed by atoms with Gasteiger partial charge in [0.25, 0.3) is 11.7 Å². The van der Waals surface area contributed by atoms with Gasteiger partial charge >= 0.3 is 0 Å². The van der Waals surface area contributed by atoms with E-state index in [1.54, 1.807) is 29.2 Å². The minimum atomic E-state index is -0.773. The van der Waals surface area contributed by atoms with Gasteiger partial charge in [-0.05, 0) is 74.3 Å². The van der Waals surface area contributed by atoms with Gasteiger partial charge in [0.2, 0.25) is 0 Å². The third-order valence-electron chi connectivity index (χ3n) is 6.75. The molecule has 1 aliphatic rings. The van der Waals surface area contributed by atoms with Crippen molar-refractivity contribution in [3.63, 3.8) is 0 Å². The molecule has 2 aromatic carbocycles. The predicted molar refractivity (Wildman–Crippen MR) is 151 cm³/mol. The molecule has 3 rings (SSSR count). The van der Waals surface area contributed by atoms with Crippen LogP contribution in [-0.2, 0) is 9.59 Å². The van der Waals surface area contributed by atoms with Crippen LogP contribution < -0.4 is 9.47 Å². The van der Waals surface area contributed by atoms with Crippen molar-refractivity contribution in [1.29, 1.82) is 0 Å². The second-order valence-corrected chi connectivity index (χ2v) is 10.1. The normalized spacial score (nSPS) is 17.1. The highest BCUT2D eigenvalue weighted by Crippen LogP contribution is 2.42. The lowest BCUT2D eigenvalue weighted by Gasteiger charge is -2.28. The molecule has 0 spiro atoms. The first-order valence-electron chi connectivity index (χ1n) is 13.4. The summed E-state index contributed by atoms with van der Waals surface area (Å²) in [5, 5.41) is 11.8. The Labute approximate surface area is 231 Å². The Morgan fingerprint density at radius 3 is 2.32 bits per heavy atom. The minimum absolute atomic E-state index is 0.0489. The summed E-state index contributed by atoms with van der Waals surface area (Å²) < 4.78 is 11.9. The number of ether oxygens (including phenoxy) is 2. The molecule has 206 valence electrons.